The molecule has 0 bridgehead atoms. The molecule has 0 spiro atoms. The van der Waals surface area contributed by atoms with Gasteiger partial charge in [-0.15, -0.1) is 0 Å². The van der Waals surface area contributed by atoms with E-state index in [1.807, 2.05) is 0 Å². The van der Waals surface area contributed by atoms with Crippen LogP contribution in [0.15, 0.2) is 186 Å². The van der Waals surface area contributed by atoms with Crippen LogP contribution in [0.25, 0.3) is 72.0 Å². The summed E-state index contributed by atoms with van der Waals surface area (Å²) in [4.78, 5) is 2.35. The van der Waals surface area contributed by atoms with Gasteiger partial charge in [-0.25, -0.2) is 0 Å². The summed E-state index contributed by atoms with van der Waals surface area (Å²) in [6, 6.07) is 63.7. The van der Waals surface area contributed by atoms with Gasteiger partial charge < -0.3 is 9.32 Å². The lowest BCUT2D eigenvalue weighted by Gasteiger charge is -2.26. The zero-order valence-electron chi connectivity index (χ0n) is 29.5. The van der Waals surface area contributed by atoms with E-state index in [0.717, 1.165) is 46.0 Å². The summed E-state index contributed by atoms with van der Waals surface area (Å²) in [6.45, 7) is 2.25. The molecule has 1 unspecified atom stereocenters. The average Bonchev–Trinajstić information content (AvgIpc) is 3.62. The number of fused-ring (bicyclic) bond motifs is 5. The van der Waals surface area contributed by atoms with Crippen LogP contribution in [0.4, 0.5) is 17.1 Å². The number of hydrogen-bond acceptors (Lipinski definition) is 2. The van der Waals surface area contributed by atoms with Gasteiger partial charge in [0.15, 0.2) is 0 Å². The molecule has 0 aliphatic heterocycles. The van der Waals surface area contributed by atoms with Crippen LogP contribution in [0.1, 0.15) is 30.6 Å². The third kappa shape index (κ3) is 5.43. The molecular formula is C51H37NO. The van der Waals surface area contributed by atoms with Crippen molar-refractivity contribution < 1.29 is 4.42 Å². The second kappa shape index (κ2) is 12.8. The Morgan fingerprint density at radius 2 is 0.887 bits per heavy atom. The van der Waals surface area contributed by atoms with Crippen molar-refractivity contribution in [2.45, 2.75) is 19.3 Å². The van der Waals surface area contributed by atoms with Crippen LogP contribution in [-0.4, -0.2) is 0 Å². The van der Waals surface area contributed by atoms with Gasteiger partial charge in [0.1, 0.15) is 11.3 Å². The first kappa shape index (κ1) is 31.1. The van der Waals surface area contributed by atoms with Crippen LogP contribution in [0.2, 0.25) is 0 Å². The van der Waals surface area contributed by atoms with Crippen molar-refractivity contribution in [2.24, 2.45) is 0 Å². The number of rotatable bonds is 6. The van der Waals surface area contributed by atoms with E-state index in [-0.39, 0.29) is 0 Å². The van der Waals surface area contributed by atoms with Gasteiger partial charge in [-0.2, -0.15) is 0 Å². The van der Waals surface area contributed by atoms with E-state index in [0.29, 0.717) is 5.92 Å². The zero-order chi connectivity index (χ0) is 35.3. The van der Waals surface area contributed by atoms with Gasteiger partial charge in [0.05, 0.1) is 0 Å². The normalized spacial score (nSPS) is 13.8. The molecule has 8 aromatic carbocycles. The maximum absolute atomic E-state index is 6.59. The molecule has 1 heterocycles. The van der Waals surface area contributed by atoms with Gasteiger partial charge in [-0.05, 0) is 92.2 Å². The zero-order valence-corrected chi connectivity index (χ0v) is 29.5. The Morgan fingerprint density at radius 3 is 1.43 bits per heavy atom. The molecule has 0 amide bonds. The van der Waals surface area contributed by atoms with Crippen LogP contribution in [0, 0.1) is 0 Å². The fourth-order valence-electron chi connectivity index (χ4n) is 8.19. The molecule has 0 radical (unpaired) electrons. The number of benzene rings is 8. The smallest absolute Gasteiger partial charge is 0.142 e. The van der Waals surface area contributed by atoms with E-state index in [9.17, 15) is 0 Å². The Hall–Kier alpha value is -6.64. The Kier molecular flexibility index (Phi) is 7.54. The molecule has 2 nitrogen and oxygen atoms in total. The second-order valence-corrected chi connectivity index (χ2v) is 14.1. The molecule has 10 rings (SSSR count). The van der Waals surface area contributed by atoms with Crippen molar-refractivity contribution >= 4 is 55.7 Å². The number of allylic oxidation sites excluding steroid dienone is 1. The topological polar surface area (TPSA) is 16.4 Å². The Bertz CT molecular complexity index is 2670. The van der Waals surface area contributed by atoms with Crippen molar-refractivity contribution in [3.05, 3.63) is 193 Å². The van der Waals surface area contributed by atoms with Gasteiger partial charge >= 0.3 is 0 Å². The maximum atomic E-state index is 6.59. The van der Waals surface area contributed by atoms with E-state index in [4.69, 9.17) is 4.42 Å². The van der Waals surface area contributed by atoms with Crippen LogP contribution in [0.3, 0.4) is 0 Å². The third-order valence-electron chi connectivity index (χ3n) is 10.9. The fourth-order valence-corrected chi connectivity index (χ4v) is 8.19. The lowest BCUT2D eigenvalue weighted by molar-refractivity contribution is 0.504. The summed E-state index contributed by atoms with van der Waals surface area (Å²) in [7, 11) is 0. The van der Waals surface area contributed by atoms with Crippen LogP contribution < -0.4 is 4.90 Å². The van der Waals surface area contributed by atoms with Gasteiger partial charge in [0.25, 0.3) is 0 Å². The van der Waals surface area contributed by atoms with Crippen LogP contribution in [0.5, 0.6) is 0 Å². The number of para-hydroxylation sites is 1. The number of nitrogens with zero attached hydrogens (tertiary/aromatic N) is 1. The first-order valence-electron chi connectivity index (χ1n) is 18.5. The van der Waals surface area contributed by atoms with Crippen LogP contribution in [-0.2, 0) is 0 Å². The summed E-state index contributed by atoms with van der Waals surface area (Å²) in [5, 5.41) is 6.20. The summed E-state index contributed by atoms with van der Waals surface area (Å²) in [5.41, 5.74) is 12.6. The van der Waals surface area contributed by atoms with Gasteiger partial charge in [0.2, 0.25) is 0 Å². The Morgan fingerprint density at radius 1 is 0.453 bits per heavy atom. The predicted molar refractivity (Wildman–Crippen MR) is 224 cm³/mol. The minimum atomic E-state index is 0.380. The van der Waals surface area contributed by atoms with Gasteiger partial charge in [0, 0.05) is 39.5 Å². The summed E-state index contributed by atoms with van der Waals surface area (Å²) >= 11 is 0. The molecule has 252 valence electrons. The minimum absolute atomic E-state index is 0.380. The quantitative estimate of drug-likeness (QED) is 0.174. The number of furan rings is 1. The highest BCUT2D eigenvalue weighted by molar-refractivity contribution is 6.00. The highest BCUT2D eigenvalue weighted by Crippen LogP contribution is 2.43. The highest BCUT2D eigenvalue weighted by atomic mass is 16.3. The molecule has 0 N–H and O–H groups in total. The first-order chi connectivity index (χ1) is 26.2. The lowest BCUT2D eigenvalue weighted by atomic mass is 9.93. The molecule has 1 aromatic heterocycles. The summed E-state index contributed by atoms with van der Waals surface area (Å²) in [5.74, 6) is 1.47. The molecule has 0 saturated carbocycles. The van der Waals surface area contributed by atoms with Crippen molar-refractivity contribution in [1.29, 1.82) is 0 Å². The monoisotopic (exact) mass is 679 g/mol. The van der Waals surface area contributed by atoms with Gasteiger partial charge in [-0.1, -0.05) is 159 Å². The highest BCUT2D eigenvalue weighted by Gasteiger charge is 2.22. The maximum Gasteiger partial charge on any atom is 0.142 e. The van der Waals surface area contributed by atoms with E-state index in [2.05, 4.69) is 200 Å². The Balaban J connectivity index is 1.06. The molecule has 1 atom stereocenters. The van der Waals surface area contributed by atoms with Crippen molar-refractivity contribution in [3.63, 3.8) is 0 Å². The predicted octanol–water partition coefficient (Wildman–Crippen LogP) is 14.7. The van der Waals surface area contributed by atoms with Crippen molar-refractivity contribution in [3.8, 4) is 33.4 Å². The molecule has 53 heavy (non-hydrogen) atoms. The molecule has 2 heteroatoms. The average molecular weight is 680 g/mol. The van der Waals surface area contributed by atoms with E-state index < -0.39 is 0 Å². The van der Waals surface area contributed by atoms with E-state index >= 15 is 0 Å². The SMILES string of the molecule is CC1CC=Cc2c1oc1c(-c3ccc(N(c4ccc(-c5cccc6ccccc56)cc4)c4ccc(-c5cccc6ccccc56)cc4)cc3)cccc21. The first-order valence-corrected chi connectivity index (χ1v) is 18.5. The summed E-state index contributed by atoms with van der Waals surface area (Å²) in [6.07, 6.45) is 5.50. The molecule has 1 aliphatic rings. The summed E-state index contributed by atoms with van der Waals surface area (Å²) < 4.78 is 6.59. The van der Waals surface area contributed by atoms with Crippen molar-refractivity contribution in [1.82, 2.24) is 0 Å². The fraction of sp³-hybridized carbons (Fsp3) is 0.0588. The largest absolute Gasteiger partial charge is 0.459 e. The molecule has 9 aromatic rings. The molecular weight excluding hydrogens is 643 g/mol. The molecule has 0 fully saturated rings. The molecule has 0 saturated heterocycles. The van der Waals surface area contributed by atoms with E-state index in [1.54, 1.807) is 0 Å². The minimum Gasteiger partial charge on any atom is -0.459 e. The number of hydrogen-bond donors (Lipinski definition) is 0. The van der Waals surface area contributed by atoms with Gasteiger partial charge in [-0.3, -0.25) is 0 Å². The Labute approximate surface area is 309 Å². The second-order valence-electron chi connectivity index (χ2n) is 14.1. The lowest BCUT2D eigenvalue weighted by Crippen LogP contribution is -2.09. The third-order valence-corrected chi connectivity index (χ3v) is 10.9. The number of anilines is 3. The standard InChI is InChI=1S/C51H37NO/c1-34-10-6-20-48-49-21-9-19-47(51(49)53-50(34)48)39-26-32-42(33-27-39)52(40-28-22-37(23-29-40)45-17-7-13-35-11-2-4-15-43(35)45)41-30-24-38(25-31-41)46-18-8-14-36-12-3-5-16-44(36)46/h2-9,11-34H,10H2,1H3. The van der Waals surface area contributed by atoms with Crippen molar-refractivity contribution in [2.75, 3.05) is 4.90 Å². The van der Waals surface area contributed by atoms with Crippen LogP contribution >= 0.6 is 0 Å². The van der Waals surface area contributed by atoms with E-state index in [1.165, 1.54) is 54.7 Å². The molecule has 1 aliphatic carbocycles.